The Hall–Kier alpha value is -1.82. The lowest BCUT2D eigenvalue weighted by molar-refractivity contribution is 0.128. The molecule has 1 fully saturated rings. The Kier molecular flexibility index (Phi) is 3.95. The Morgan fingerprint density at radius 3 is 2.91 bits per heavy atom. The normalized spacial score (nSPS) is 24.9. The van der Waals surface area contributed by atoms with Crippen molar-refractivity contribution in [1.82, 2.24) is 9.88 Å². The van der Waals surface area contributed by atoms with E-state index >= 15 is 0 Å². The maximum atomic E-state index is 11.2. The zero-order valence-corrected chi connectivity index (χ0v) is 13.1. The second-order valence-electron chi connectivity index (χ2n) is 6.33. The molecule has 3 rings (SSSR count). The number of rotatable bonds is 3. The first-order valence-corrected chi connectivity index (χ1v) is 7.95. The minimum absolute atomic E-state index is 0.0992. The average molecular weight is 305 g/mol. The highest BCUT2D eigenvalue weighted by atomic mass is 16.4. The van der Waals surface area contributed by atoms with E-state index in [2.05, 4.69) is 9.88 Å². The smallest absolute Gasteiger partial charge is 0.407 e. The number of carboxylic acid groups (broad SMARTS) is 1. The molecule has 2 aliphatic heterocycles. The number of pyridine rings is 1. The van der Waals surface area contributed by atoms with Gasteiger partial charge in [0.05, 0.1) is 17.8 Å². The quantitative estimate of drug-likeness (QED) is 0.893. The molecule has 1 saturated heterocycles. The van der Waals surface area contributed by atoms with Crippen LogP contribution < -0.4 is 4.90 Å². The number of anilines is 1. The van der Waals surface area contributed by atoms with Crippen LogP contribution in [0.5, 0.6) is 0 Å². The molecule has 1 aromatic rings. The van der Waals surface area contributed by atoms with Gasteiger partial charge in [-0.1, -0.05) is 19.4 Å². The number of aliphatic hydroxyl groups excluding tert-OH is 1. The van der Waals surface area contributed by atoms with Crippen molar-refractivity contribution in [3.63, 3.8) is 0 Å². The van der Waals surface area contributed by atoms with Crippen molar-refractivity contribution in [3.05, 3.63) is 23.4 Å². The third kappa shape index (κ3) is 2.52. The van der Waals surface area contributed by atoms with E-state index in [4.69, 9.17) is 0 Å². The lowest BCUT2D eigenvalue weighted by Crippen LogP contribution is -2.58. The van der Waals surface area contributed by atoms with Crippen LogP contribution in [0.15, 0.2) is 12.1 Å². The maximum absolute atomic E-state index is 11.2. The number of carbonyl (C=O) groups is 1. The molecule has 6 nitrogen and oxygen atoms in total. The maximum Gasteiger partial charge on any atom is 0.407 e. The number of fused-ring (bicyclic) bond motifs is 3. The van der Waals surface area contributed by atoms with E-state index in [9.17, 15) is 15.0 Å². The molecule has 6 heteroatoms. The van der Waals surface area contributed by atoms with Crippen LogP contribution in [-0.2, 0) is 6.42 Å². The Balaban J connectivity index is 1.87. The lowest BCUT2D eigenvalue weighted by atomic mass is 10.1. The van der Waals surface area contributed by atoms with E-state index in [1.54, 1.807) is 0 Å². The standard InChI is InChI=1S/C16H23N3O3/c1-3-4-14(20)13-6-5-11-7-12-9-18(16(21)22)8-10(2)19(12)15(11)17-13/h5-6,10,12,14,20H,3-4,7-9H2,1-2H3,(H,21,22)/t10-,12-,14?/m1/s1. The van der Waals surface area contributed by atoms with E-state index in [-0.39, 0.29) is 12.1 Å². The molecule has 22 heavy (non-hydrogen) atoms. The molecule has 120 valence electrons. The van der Waals surface area contributed by atoms with Crippen LogP contribution >= 0.6 is 0 Å². The van der Waals surface area contributed by atoms with Gasteiger partial charge in [0.1, 0.15) is 5.82 Å². The fraction of sp³-hybridized carbons (Fsp3) is 0.625. The molecule has 3 heterocycles. The number of amides is 1. The summed E-state index contributed by atoms with van der Waals surface area (Å²) >= 11 is 0. The summed E-state index contributed by atoms with van der Waals surface area (Å²) in [6.07, 6.45) is 1.06. The van der Waals surface area contributed by atoms with Gasteiger partial charge in [-0.25, -0.2) is 9.78 Å². The largest absolute Gasteiger partial charge is 0.465 e. The molecule has 0 bridgehead atoms. The summed E-state index contributed by atoms with van der Waals surface area (Å²) in [4.78, 5) is 19.6. The fourth-order valence-electron chi connectivity index (χ4n) is 3.62. The first kappa shape index (κ1) is 15.1. The van der Waals surface area contributed by atoms with Crippen LogP contribution in [0.2, 0.25) is 0 Å². The van der Waals surface area contributed by atoms with Crippen molar-refractivity contribution < 1.29 is 15.0 Å². The van der Waals surface area contributed by atoms with Gasteiger partial charge in [-0.3, -0.25) is 0 Å². The number of nitrogens with zero attached hydrogens (tertiary/aromatic N) is 3. The molecule has 0 saturated carbocycles. The van der Waals surface area contributed by atoms with Crippen molar-refractivity contribution in [2.45, 2.75) is 51.3 Å². The van der Waals surface area contributed by atoms with Gasteiger partial charge in [0.2, 0.25) is 0 Å². The summed E-state index contributed by atoms with van der Waals surface area (Å²) in [6.45, 7) is 5.09. The highest BCUT2D eigenvalue weighted by molar-refractivity contribution is 5.67. The number of aromatic nitrogens is 1. The first-order valence-electron chi connectivity index (χ1n) is 7.95. The SMILES string of the molecule is CCCC(O)c1ccc2c(n1)N1[C@H](C2)CN(C(=O)O)C[C@H]1C. The van der Waals surface area contributed by atoms with E-state index in [0.717, 1.165) is 24.2 Å². The topological polar surface area (TPSA) is 76.9 Å². The third-order valence-electron chi connectivity index (χ3n) is 4.64. The molecule has 1 amide bonds. The van der Waals surface area contributed by atoms with Crippen LogP contribution in [0.1, 0.15) is 44.1 Å². The molecule has 3 atom stereocenters. The zero-order valence-electron chi connectivity index (χ0n) is 13.1. The summed E-state index contributed by atoms with van der Waals surface area (Å²) in [5.41, 5.74) is 1.87. The van der Waals surface area contributed by atoms with Gasteiger partial charge in [-0.15, -0.1) is 0 Å². The van der Waals surface area contributed by atoms with Gasteiger partial charge in [-0.2, -0.15) is 0 Å². The van der Waals surface area contributed by atoms with E-state index in [1.807, 2.05) is 26.0 Å². The molecular formula is C16H23N3O3. The molecule has 2 N–H and O–H groups in total. The van der Waals surface area contributed by atoms with Crippen molar-refractivity contribution in [1.29, 1.82) is 0 Å². The van der Waals surface area contributed by atoms with Crippen LogP contribution in [0.3, 0.4) is 0 Å². The summed E-state index contributed by atoms with van der Waals surface area (Å²) in [6, 6.07) is 4.19. The Morgan fingerprint density at radius 2 is 2.23 bits per heavy atom. The van der Waals surface area contributed by atoms with E-state index in [0.29, 0.717) is 25.2 Å². The van der Waals surface area contributed by atoms with Gasteiger partial charge < -0.3 is 20.0 Å². The third-order valence-corrected chi connectivity index (χ3v) is 4.64. The molecule has 0 aromatic carbocycles. The number of piperazine rings is 1. The van der Waals surface area contributed by atoms with Crippen molar-refractivity contribution >= 4 is 11.9 Å². The highest BCUT2D eigenvalue weighted by Gasteiger charge is 2.40. The van der Waals surface area contributed by atoms with Crippen LogP contribution in [-0.4, -0.2) is 51.4 Å². The number of hydrogen-bond donors (Lipinski definition) is 2. The summed E-state index contributed by atoms with van der Waals surface area (Å²) in [5.74, 6) is 0.926. The number of aliphatic hydroxyl groups is 1. The first-order chi connectivity index (χ1) is 10.5. The molecule has 0 radical (unpaired) electrons. The van der Waals surface area contributed by atoms with Crippen molar-refractivity contribution in [2.24, 2.45) is 0 Å². The fourth-order valence-corrected chi connectivity index (χ4v) is 3.62. The summed E-state index contributed by atoms with van der Waals surface area (Å²) < 4.78 is 0. The second-order valence-corrected chi connectivity index (χ2v) is 6.33. The summed E-state index contributed by atoms with van der Waals surface area (Å²) in [7, 11) is 0. The van der Waals surface area contributed by atoms with Crippen molar-refractivity contribution in [3.8, 4) is 0 Å². The second kappa shape index (κ2) is 5.76. The number of hydrogen-bond acceptors (Lipinski definition) is 4. The van der Waals surface area contributed by atoms with Gasteiger partial charge >= 0.3 is 6.09 Å². The van der Waals surface area contributed by atoms with E-state index in [1.165, 1.54) is 4.90 Å². The summed E-state index contributed by atoms with van der Waals surface area (Å²) in [5, 5.41) is 19.4. The monoisotopic (exact) mass is 305 g/mol. The van der Waals surface area contributed by atoms with Crippen molar-refractivity contribution in [2.75, 3.05) is 18.0 Å². The zero-order chi connectivity index (χ0) is 15.9. The molecular weight excluding hydrogens is 282 g/mol. The average Bonchev–Trinajstić information content (AvgIpc) is 2.85. The Labute approximate surface area is 130 Å². The molecule has 1 unspecified atom stereocenters. The van der Waals surface area contributed by atoms with Gasteiger partial charge in [-0.05, 0) is 31.4 Å². The van der Waals surface area contributed by atoms with E-state index < -0.39 is 12.2 Å². The van der Waals surface area contributed by atoms with Gasteiger partial charge in [0, 0.05) is 19.1 Å². The minimum Gasteiger partial charge on any atom is -0.465 e. The minimum atomic E-state index is -0.852. The Bertz CT molecular complexity index is 578. The molecule has 0 aliphatic carbocycles. The molecule has 1 aromatic heterocycles. The van der Waals surface area contributed by atoms with Gasteiger partial charge in [0.15, 0.2) is 0 Å². The molecule has 2 aliphatic rings. The predicted octanol–water partition coefficient (Wildman–Crippen LogP) is 2.03. The van der Waals surface area contributed by atoms with Crippen LogP contribution in [0.25, 0.3) is 0 Å². The Morgan fingerprint density at radius 1 is 1.45 bits per heavy atom. The predicted molar refractivity (Wildman–Crippen MR) is 83.1 cm³/mol. The molecule has 0 spiro atoms. The lowest BCUT2D eigenvalue weighted by Gasteiger charge is -2.42. The van der Waals surface area contributed by atoms with Crippen LogP contribution in [0.4, 0.5) is 10.6 Å². The van der Waals surface area contributed by atoms with Gasteiger partial charge in [0.25, 0.3) is 0 Å². The highest BCUT2D eigenvalue weighted by Crippen LogP contribution is 2.36. The van der Waals surface area contributed by atoms with Crippen LogP contribution in [0, 0.1) is 0 Å².